The van der Waals surface area contributed by atoms with E-state index in [4.69, 9.17) is 15.9 Å². The van der Waals surface area contributed by atoms with Crippen LogP contribution in [0.3, 0.4) is 0 Å². The van der Waals surface area contributed by atoms with Gasteiger partial charge in [0.2, 0.25) is 0 Å². The fourth-order valence-corrected chi connectivity index (χ4v) is 1.06. The van der Waals surface area contributed by atoms with Crippen molar-refractivity contribution in [2.45, 2.75) is 12.5 Å². The van der Waals surface area contributed by atoms with E-state index in [0.29, 0.717) is 5.56 Å². The molecule has 0 saturated heterocycles. The molecule has 0 aromatic carbocycles. The highest BCUT2D eigenvalue weighted by atomic mass is 16.4. The van der Waals surface area contributed by atoms with E-state index in [1.807, 2.05) is 0 Å². The summed E-state index contributed by atoms with van der Waals surface area (Å²) in [6.07, 6.45) is 2.65. The van der Waals surface area contributed by atoms with Gasteiger partial charge in [0.25, 0.3) is 0 Å². The Labute approximate surface area is 85.4 Å². The van der Waals surface area contributed by atoms with Crippen LogP contribution in [0.1, 0.15) is 15.9 Å². The fraction of sp³-hybridized carbons (Fsp3) is 0.222. The van der Waals surface area contributed by atoms with Crippen LogP contribution in [0.25, 0.3) is 0 Å². The average Bonchev–Trinajstić information content (AvgIpc) is 2.18. The second-order valence-electron chi connectivity index (χ2n) is 3.04. The lowest BCUT2D eigenvalue weighted by molar-refractivity contribution is -0.138. The molecule has 4 N–H and O–H groups in total. The van der Waals surface area contributed by atoms with Crippen molar-refractivity contribution < 1.29 is 19.8 Å². The molecule has 1 aromatic heterocycles. The number of hydrogen-bond donors (Lipinski definition) is 3. The second kappa shape index (κ2) is 4.52. The number of aromatic carboxylic acids is 1. The number of carboxylic acid groups (broad SMARTS) is 2. The number of carboxylic acids is 2. The summed E-state index contributed by atoms with van der Waals surface area (Å²) < 4.78 is 0. The first-order valence-electron chi connectivity index (χ1n) is 4.16. The maximum Gasteiger partial charge on any atom is 0.337 e. The van der Waals surface area contributed by atoms with Crippen molar-refractivity contribution in [2.75, 3.05) is 0 Å². The quantitative estimate of drug-likeness (QED) is 0.630. The highest BCUT2D eigenvalue weighted by molar-refractivity contribution is 5.87. The van der Waals surface area contributed by atoms with Crippen molar-refractivity contribution in [3.05, 3.63) is 29.6 Å². The molecule has 1 heterocycles. The van der Waals surface area contributed by atoms with E-state index in [9.17, 15) is 9.59 Å². The molecule has 0 bridgehead atoms. The number of hydrogen-bond acceptors (Lipinski definition) is 4. The highest BCUT2D eigenvalue weighted by Gasteiger charge is 2.13. The lowest BCUT2D eigenvalue weighted by Crippen LogP contribution is -2.32. The lowest BCUT2D eigenvalue weighted by atomic mass is 10.1. The minimum Gasteiger partial charge on any atom is -0.480 e. The van der Waals surface area contributed by atoms with Crippen molar-refractivity contribution >= 4 is 11.9 Å². The van der Waals surface area contributed by atoms with Gasteiger partial charge in [-0.3, -0.25) is 9.78 Å². The van der Waals surface area contributed by atoms with Crippen molar-refractivity contribution in [1.82, 2.24) is 4.98 Å². The topological polar surface area (TPSA) is 114 Å². The molecule has 15 heavy (non-hydrogen) atoms. The first-order valence-corrected chi connectivity index (χ1v) is 4.16. The highest BCUT2D eigenvalue weighted by Crippen LogP contribution is 2.05. The summed E-state index contributed by atoms with van der Waals surface area (Å²) in [6.45, 7) is 0. The normalized spacial score (nSPS) is 12.1. The van der Waals surface area contributed by atoms with E-state index in [0.717, 1.165) is 0 Å². The Morgan fingerprint density at radius 1 is 1.40 bits per heavy atom. The summed E-state index contributed by atoms with van der Waals surface area (Å²) in [5.41, 5.74) is 5.81. The molecule has 6 heteroatoms. The minimum atomic E-state index is -1.13. The zero-order valence-electron chi connectivity index (χ0n) is 7.75. The molecule has 1 aromatic rings. The van der Waals surface area contributed by atoms with Gasteiger partial charge < -0.3 is 15.9 Å². The first-order chi connectivity index (χ1) is 7.00. The molecule has 0 spiro atoms. The summed E-state index contributed by atoms with van der Waals surface area (Å²) in [4.78, 5) is 24.7. The first kappa shape index (κ1) is 11.1. The van der Waals surface area contributed by atoms with E-state index < -0.39 is 18.0 Å². The zero-order valence-corrected chi connectivity index (χ0v) is 7.75. The third-order valence-corrected chi connectivity index (χ3v) is 1.81. The summed E-state index contributed by atoms with van der Waals surface area (Å²) in [7, 11) is 0. The van der Waals surface area contributed by atoms with Crippen LogP contribution in [0, 0.1) is 0 Å². The van der Waals surface area contributed by atoms with Crippen LogP contribution in [-0.4, -0.2) is 33.2 Å². The van der Waals surface area contributed by atoms with E-state index in [2.05, 4.69) is 4.98 Å². The van der Waals surface area contributed by atoms with Gasteiger partial charge in [0.15, 0.2) is 0 Å². The molecule has 1 atom stereocenters. The Hall–Kier alpha value is -1.95. The van der Waals surface area contributed by atoms with Gasteiger partial charge >= 0.3 is 11.9 Å². The van der Waals surface area contributed by atoms with Gasteiger partial charge in [-0.1, -0.05) is 0 Å². The molecule has 0 unspecified atom stereocenters. The van der Waals surface area contributed by atoms with Crippen LogP contribution in [0.15, 0.2) is 18.5 Å². The van der Waals surface area contributed by atoms with Crippen LogP contribution in [0.4, 0.5) is 0 Å². The Morgan fingerprint density at radius 2 is 2.07 bits per heavy atom. The van der Waals surface area contributed by atoms with Crippen LogP contribution in [-0.2, 0) is 11.2 Å². The summed E-state index contributed by atoms with van der Waals surface area (Å²) in [5, 5.41) is 17.2. The molecular weight excluding hydrogens is 200 g/mol. The van der Waals surface area contributed by atoms with Gasteiger partial charge in [-0.25, -0.2) is 4.79 Å². The van der Waals surface area contributed by atoms with Crippen molar-refractivity contribution in [3.8, 4) is 0 Å². The molecule has 1 rings (SSSR count). The van der Waals surface area contributed by atoms with Gasteiger partial charge in [-0.15, -0.1) is 0 Å². The van der Waals surface area contributed by atoms with E-state index >= 15 is 0 Å². The Balaban J connectivity index is 2.82. The number of nitrogens with zero attached hydrogens (tertiary/aromatic N) is 1. The van der Waals surface area contributed by atoms with Gasteiger partial charge in [0.05, 0.1) is 5.56 Å². The second-order valence-corrected chi connectivity index (χ2v) is 3.04. The number of nitrogens with two attached hydrogens (primary N) is 1. The molecule has 0 fully saturated rings. The maximum absolute atomic E-state index is 10.6. The number of aromatic nitrogens is 1. The predicted molar refractivity (Wildman–Crippen MR) is 50.5 cm³/mol. The Morgan fingerprint density at radius 3 is 2.60 bits per heavy atom. The van der Waals surface area contributed by atoms with Gasteiger partial charge in [0, 0.05) is 12.4 Å². The predicted octanol–water partition coefficient (Wildman–Crippen LogP) is -0.266. The SMILES string of the molecule is N[C@@H](Cc1cncc(C(=O)O)c1)C(=O)O. The van der Waals surface area contributed by atoms with Crippen LogP contribution >= 0.6 is 0 Å². The van der Waals surface area contributed by atoms with Crippen LogP contribution < -0.4 is 5.73 Å². The summed E-state index contributed by atoms with van der Waals surface area (Å²) in [6, 6.07) is 0.314. The Bertz CT molecular complexity index is 391. The van der Waals surface area contributed by atoms with Gasteiger partial charge in [-0.05, 0) is 18.1 Å². The molecule has 0 aliphatic carbocycles. The van der Waals surface area contributed by atoms with E-state index in [1.165, 1.54) is 18.5 Å². The third kappa shape index (κ3) is 3.03. The molecule has 80 valence electrons. The summed E-state index contributed by atoms with van der Waals surface area (Å²) >= 11 is 0. The lowest BCUT2D eigenvalue weighted by Gasteiger charge is -2.06. The van der Waals surface area contributed by atoms with E-state index in [-0.39, 0.29) is 12.0 Å². The molecule has 6 nitrogen and oxygen atoms in total. The number of rotatable bonds is 4. The summed E-state index contributed by atoms with van der Waals surface area (Å²) in [5.74, 6) is -2.23. The standard InChI is InChI=1S/C9H10N2O4/c10-7(9(14)15)2-5-1-6(8(12)13)4-11-3-5/h1,3-4,7H,2,10H2,(H,12,13)(H,14,15)/t7-/m0/s1. The van der Waals surface area contributed by atoms with Gasteiger partial charge in [0.1, 0.15) is 6.04 Å². The van der Waals surface area contributed by atoms with Crippen LogP contribution in [0.5, 0.6) is 0 Å². The smallest absolute Gasteiger partial charge is 0.337 e. The van der Waals surface area contributed by atoms with Crippen LogP contribution in [0.2, 0.25) is 0 Å². The maximum atomic E-state index is 10.6. The monoisotopic (exact) mass is 210 g/mol. The average molecular weight is 210 g/mol. The number of pyridine rings is 1. The van der Waals surface area contributed by atoms with Crippen molar-refractivity contribution in [2.24, 2.45) is 5.73 Å². The zero-order chi connectivity index (χ0) is 11.4. The minimum absolute atomic E-state index is 0.0186. The molecule has 0 saturated carbocycles. The van der Waals surface area contributed by atoms with Crippen molar-refractivity contribution in [3.63, 3.8) is 0 Å². The molecule has 0 aliphatic heterocycles. The fourth-order valence-electron chi connectivity index (χ4n) is 1.06. The molecule has 0 amide bonds. The Kier molecular flexibility index (Phi) is 3.35. The number of aliphatic carboxylic acids is 1. The van der Waals surface area contributed by atoms with Gasteiger partial charge in [-0.2, -0.15) is 0 Å². The number of carbonyl (C=O) groups is 2. The third-order valence-electron chi connectivity index (χ3n) is 1.81. The molecular formula is C9H10N2O4. The molecule has 0 aliphatic rings. The largest absolute Gasteiger partial charge is 0.480 e. The van der Waals surface area contributed by atoms with Crippen molar-refractivity contribution in [1.29, 1.82) is 0 Å². The molecule has 0 radical (unpaired) electrons. The van der Waals surface area contributed by atoms with E-state index in [1.54, 1.807) is 0 Å².